The molecule has 1 saturated heterocycles. The molecule has 150 valence electrons. The quantitative estimate of drug-likeness (QED) is 0.609. The molecule has 0 saturated carbocycles. The molecule has 0 unspecified atom stereocenters. The van der Waals surface area contributed by atoms with E-state index < -0.39 is 5.91 Å². The number of methoxy groups -OCH3 is 1. The predicted molar refractivity (Wildman–Crippen MR) is 106 cm³/mol. The van der Waals surface area contributed by atoms with Crippen molar-refractivity contribution in [3.63, 3.8) is 0 Å². The monoisotopic (exact) mass is 394 g/mol. The van der Waals surface area contributed by atoms with Gasteiger partial charge in [-0.1, -0.05) is 12.1 Å². The lowest BCUT2D eigenvalue weighted by atomic mass is 9.93. The lowest BCUT2D eigenvalue weighted by Crippen LogP contribution is -2.38. The smallest absolute Gasteiger partial charge is 0.271 e. The molecule has 1 aliphatic rings. The van der Waals surface area contributed by atoms with E-state index in [0.717, 1.165) is 29.8 Å². The Morgan fingerprint density at radius 3 is 2.62 bits per heavy atom. The van der Waals surface area contributed by atoms with Gasteiger partial charge in [0.15, 0.2) is 0 Å². The van der Waals surface area contributed by atoms with Crippen LogP contribution >= 0.6 is 0 Å². The summed E-state index contributed by atoms with van der Waals surface area (Å²) < 4.78 is 5.24. The van der Waals surface area contributed by atoms with E-state index in [1.807, 2.05) is 29.2 Å². The number of nitrogens with one attached hydrogen (secondary N) is 2. The van der Waals surface area contributed by atoms with E-state index in [1.54, 1.807) is 19.2 Å². The summed E-state index contributed by atoms with van der Waals surface area (Å²) in [4.78, 5) is 25.9. The van der Waals surface area contributed by atoms with Crippen LogP contribution < -0.4 is 10.5 Å². The van der Waals surface area contributed by atoms with Gasteiger partial charge in [0.05, 0.1) is 12.8 Å². The highest BCUT2D eigenvalue weighted by molar-refractivity contribution is 5.93. The van der Waals surface area contributed by atoms with Crippen molar-refractivity contribution in [1.29, 1.82) is 0 Å². The summed E-state index contributed by atoms with van der Waals surface area (Å²) in [6, 6.07) is 11.0. The lowest BCUT2D eigenvalue weighted by molar-refractivity contribution is 0.0706. The van der Waals surface area contributed by atoms with Crippen LogP contribution in [0.4, 0.5) is 0 Å². The lowest BCUT2D eigenvalue weighted by Gasteiger charge is -2.31. The number of benzene rings is 1. The maximum Gasteiger partial charge on any atom is 0.271 e. The standard InChI is InChI=1S/C20H22N6O3/c1-29-14-4-2-3-13(9-14)16-11-18(25-23-16)20(28)26-7-5-12(6-8-26)15-10-17(19(21)27)24-22-15/h2-4,9-12H,5-8H2,1H3,(H2,21,27)(H,22,24)(H,23,25). The molecule has 4 N–H and O–H groups in total. The normalized spacial score (nSPS) is 14.7. The van der Waals surface area contributed by atoms with Crippen molar-refractivity contribution in [2.45, 2.75) is 18.8 Å². The van der Waals surface area contributed by atoms with E-state index in [4.69, 9.17) is 10.5 Å². The highest BCUT2D eigenvalue weighted by Crippen LogP contribution is 2.28. The van der Waals surface area contributed by atoms with Crippen molar-refractivity contribution in [2.24, 2.45) is 5.73 Å². The number of hydrogen-bond acceptors (Lipinski definition) is 5. The molecule has 2 aromatic heterocycles. The Bertz CT molecular complexity index is 1030. The molecular formula is C20H22N6O3. The van der Waals surface area contributed by atoms with E-state index in [0.29, 0.717) is 24.5 Å². The Kier molecular flexibility index (Phi) is 5.03. The fraction of sp³-hybridized carbons (Fsp3) is 0.300. The number of rotatable bonds is 5. The Balaban J connectivity index is 1.41. The fourth-order valence-electron chi connectivity index (χ4n) is 3.60. The highest BCUT2D eigenvalue weighted by Gasteiger charge is 2.27. The van der Waals surface area contributed by atoms with E-state index in [-0.39, 0.29) is 17.5 Å². The van der Waals surface area contributed by atoms with E-state index in [2.05, 4.69) is 20.4 Å². The molecule has 0 bridgehead atoms. The van der Waals surface area contributed by atoms with Crippen molar-refractivity contribution in [3.8, 4) is 17.0 Å². The minimum atomic E-state index is -0.550. The molecule has 1 fully saturated rings. The number of aromatic nitrogens is 4. The largest absolute Gasteiger partial charge is 0.497 e. The number of carbonyl (C=O) groups is 2. The van der Waals surface area contributed by atoms with Gasteiger partial charge in [-0.25, -0.2) is 0 Å². The first-order valence-corrected chi connectivity index (χ1v) is 9.39. The molecule has 0 spiro atoms. The van der Waals surface area contributed by atoms with Crippen LogP contribution in [-0.2, 0) is 0 Å². The number of aromatic amines is 2. The zero-order valence-electron chi connectivity index (χ0n) is 16.0. The average molecular weight is 394 g/mol. The van der Waals surface area contributed by atoms with Crippen LogP contribution in [0.1, 0.15) is 45.4 Å². The molecule has 4 rings (SSSR count). The third kappa shape index (κ3) is 3.84. The Morgan fingerprint density at radius 1 is 1.14 bits per heavy atom. The van der Waals surface area contributed by atoms with Gasteiger partial charge in [0, 0.05) is 30.3 Å². The highest BCUT2D eigenvalue weighted by atomic mass is 16.5. The van der Waals surface area contributed by atoms with Gasteiger partial charge in [0.1, 0.15) is 17.1 Å². The summed E-state index contributed by atoms with van der Waals surface area (Å²) in [5.41, 5.74) is 8.40. The number of nitrogens with zero attached hydrogens (tertiary/aromatic N) is 3. The van der Waals surface area contributed by atoms with Gasteiger partial charge >= 0.3 is 0 Å². The van der Waals surface area contributed by atoms with Crippen LogP contribution in [0.15, 0.2) is 36.4 Å². The Labute approximate surface area is 167 Å². The van der Waals surface area contributed by atoms with Crippen LogP contribution in [0.25, 0.3) is 11.3 Å². The molecule has 0 radical (unpaired) electrons. The number of carbonyl (C=O) groups excluding carboxylic acids is 2. The van der Waals surface area contributed by atoms with E-state index >= 15 is 0 Å². The minimum Gasteiger partial charge on any atom is -0.497 e. The summed E-state index contributed by atoms with van der Waals surface area (Å²) in [5.74, 6) is 0.325. The Morgan fingerprint density at radius 2 is 1.93 bits per heavy atom. The van der Waals surface area contributed by atoms with Crippen LogP contribution in [-0.4, -0.2) is 57.3 Å². The second-order valence-corrected chi connectivity index (χ2v) is 7.04. The molecule has 2 amide bonds. The first-order valence-electron chi connectivity index (χ1n) is 9.39. The van der Waals surface area contributed by atoms with Gasteiger partial charge < -0.3 is 15.4 Å². The molecule has 1 aliphatic heterocycles. The second-order valence-electron chi connectivity index (χ2n) is 7.04. The van der Waals surface area contributed by atoms with Crippen molar-refractivity contribution in [3.05, 3.63) is 53.5 Å². The topological polar surface area (TPSA) is 130 Å². The van der Waals surface area contributed by atoms with Gasteiger partial charge in [-0.05, 0) is 37.1 Å². The van der Waals surface area contributed by atoms with Gasteiger partial charge in [0.2, 0.25) is 0 Å². The van der Waals surface area contributed by atoms with Crippen LogP contribution in [0, 0.1) is 0 Å². The molecule has 29 heavy (non-hydrogen) atoms. The molecule has 0 aliphatic carbocycles. The number of likely N-dealkylation sites (tertiary alicyclic amines) is 1. The van der Waals surface area contributed by atoms with Crippen molar-refractivity contribution in [2.75, 3.05) is 20.2 Å². The first kappa shape index (κ1) is 18.7. The van der Waals surface area contributed by atoms with Crippen LogP contribution in [0.3, 0.4) is 0 Å². The zero-order chi connectivity index (χ0) is 20.4. The SMILES string of the molecule is COc1cccc(-c2cc(C(=O)N3CCC(c4cc(C(N)=O)n[nH]4)CC3)[nH]n2)c1. The summed E-state index contributed by atoms with van der Waals surface area (Å²) in [6.07, 6.45) is 1.56. The maximum absolute atomic E-state index is 12.9. The average Bonchev–Trinajstić information content (AvgIpc) is 3.44. The van der Waals surface area contributed by atoms with Crippen molar-refractivity contribution >= 4 is 11.8 Å². The number of primary amides is 1. The molecule has 0 atom stereocenters. The van der Waals surface area contributed by atoms with Gasteiger partial charge in [0.25, 0.3) is 11.8 Å². The number of ether oxygens (including phenoxy) is 1. The van der Waals surface area contributed by atoms with Gasteiger partial charge in [-0.2, -0.15) is 10.2 Å². The summed E-state index contributed by atoms with van der Waals surface area (Å²) in [5, 5.41) is 13.9. The van der Waals surface area contributed by atoms with Crippen molar-refractivity contribution in [1.82, 2.24) is 25.3 Å². The molecule has 1 aromatic carbocycles. The van der Waals surface area contributed by atoms with Gasteiger partial charge in [-0.3, -0.25) is 19.8 Å². The zero-order valence-corrected chi connectivity index (χ0v) is 16.0. The third-order valence-electron chi connectivity index (χ3n) is 5.25. The summed E-state index contributed by atoms with van der Waals surface area (Å²) >= 11 is 0. The predicted octanol–water partition coefficient (Wildman–Crippen LogP) is 1.93. The van der Waals surface area contributed by atoms with E-state index in [1.165, 1.54) is 0 Å². The number of hydrogen-bond donors (Lipinski definition) is 3. The molecule has 9 heteroatoms. The summed E-state index contributed by atoms with van der Waals surface area (Å²) in [7, 11) is 1.61. The van der Waals surface area contributed by atoms with Gasteiger partial charge in [-0.15, -0.1) is 0 Å². The number of H-pyrrole nitrogens is 2. The fourth-order valence-corrected chi connectivity index (χ4v) is 3.60. The van der Waals surface area contributed by atoms with Crippen LogP contribution in [0.2, 0.25) is 0 Å². The number of piperidine rings is 1. The maximum atomic E-state index is 12.9. The van der Waals surface area contributed by atoms with Crippen LogP contribution in [0.5, 0.6) is 5.75 Å². The molecular weight excluding hydrogens is 372 g/mol. The van der Waals surface area contributed by atoms with E-state index in [9.17, 15) is 9.59 Å². The minimum absolute atomic E-state index is 0.0764. The Hall–Kier alpha value is -3.62. The molecule has 3 heterocycles. The van der Waals surface area contributed by atoms with Crippen molar-refractivity contribution < 1.29 is 14.3 Å². The number of amides is 2. The molecule has 9 nitrogen and oxygen atoms in total. The first-order chi connectivity index (χ1) is 14.0. The second kappa shape index (κ2) is 7.78. The molecule has 3 aromatic rings. The number of nitrogens with two attached hydrogens (primary N) is 1. The third-order valence-corrected chi connectivity index (χ3v) is 5.25. The summed E-state index contributed by atoms with van der Waals surface area (Å²) in [6.45, 7) is 1.23.